The van der Waals surface area contributed by atoms with E-state index >= 15 is 0 Å². The van der Waals surface area contributed by atoms with Crippen molar-refractivity contribution in [1.82, 2.24) is 0 Å². The number of nitrogens with one attached hydrogen (secondary N) is 1. The lowest BCUT2D eigenvalue weighted by Crippen LogP contribution is -2.15. The largest absolute Gasteiger partial charge is 0.465 e. The topological polar surface area (TPSA) is 85.6 Å². The molecule has 0 saturated carbocycles. The van der Waals surface area contributed by atoms with Crippen LogP contribution in [0.3, 0.4) is 0 Å². The second kappa shape index (κ2) is 7.68. The molecule has 0 aliphatic heterocycles. The minimum atomic E-state index is -0.479. The summed E-state index contributed by atoms with van der Waals surface area (Å²) in [6, 6.07) is 0. The number of rotatable bonds is 5. The number of methoxy groups -OCH3 is 1. The van der Waals surface area contributed by atoms with E-state index in [1.807, 2.05) is 5.38 Å². The van der Waals surface area contributed by atoms with Gasteiger partial charge >= 0.3 is 5.97 Å². The van der Waals surface area contributed by atoms with Crippen LogP contribution in [0.1, 0.15) is 74.8 Å². The number of furan rings is 1. The van der Waals surface area contributed by atoms with Crippen LogP contribution in [0.2, 0.25) is 0 Å². The number of fused-ring (bicyclic) bond motifs is 1. The maximum atomic E-state index is 12.8. The van der Waals surface area contributed by atoms with E-state index in [-0.39, 0.29) is 11.5 Å². The third kappa shape index (κ3) is 3.69. The Labute approximate surface area is 161 Å². The van der Waals surface area contributed by atoms with Crippen LogP contribution in [-0.4, -0.2) is 24.8 Å². The molecule has 0 unspecified atom stereocenters. The van der Waals surface area contributed by atoms with Gasteiger partial charge in [0.15, 0.2) is 11.5 Å². The Balaban J connectivity index is 1.92. The van der Waals surface area contributed by atoms with Crippen molar-refractivity contribution in [3.8, 4) is 0 Å². The molecule has 0 fully saturated rings. The first-order valence-corrected chi connectivity index (χ1v) is 9.86. The molecule has 0 spiro atoms. The molecule has 1 N–H and O–H groups in total. The van der Waals surface area contributed by atoms with Crippen molar-refractivity contribution in [2.75, 3.05) is 12.4 Å². The summed E-state index contributed by atoms with van der Waals surface area (Å²) in [4.78, 5) is 37.2. The van der Waals surface area contributed by atoms with Crippen molar-refractivity contribution in [2.24, 2.45) is 5.92 Å². The molecule has 6 nitrogen and oxygen atoms in total. The highest BCUT2D eigenvalue weighted by molar-refractivity contribution is 7.15. The summed E-state index contributed by atoms with van der Waals surface area (Å²) >= 11 is 1.28. The Morgan fingerprint density at radius 1 is 1.33 bits per heavy atom. The number of ketones is 1. The molecule has 7 heteroatoms. The Morgan fingerprint density at radius 2 is 2.07 bits per heavy atom. The van der Waals surface area contributed by atoms with Crippen molar-refractivity contribution in [1.29, 1.82) is 0 Å². The van der Waals surface area contributed by atoms with Gasteiger partial charge in [-0.2, -0.15) is 0 Å². The summed E-state index contributed by atoms with van der Waals surface area (Å²) in [6.45, 7) is 5.84. The Morgan fingerprint density at radius 3 is 2.70 bits per heavy atom. The SMILES string of the molecule is COC(=O)c1c(CC(C)C)csc1NC(=O)c1oc2c(c1C)C(=O)CCC2. The van der Waals surface area contributed by atoms with Gasteiger partial charge in [0.05, 0.1) is 18.2 Å². The third-order valence-corrected chi connectivity index (χ3v) is 5.57. The number of hydrogen-bond donors (Lipinski definition) is 1. The molecule has 2 aromatic heterocycles. The number of hydrogen-bond acceptors (Lipinski definition) is 6. The van der Waals surface area contributed by atoms with Gasteiger partial charge in [0, 0.05) is 18.4 Å². The molecule has 0 bridgehead atoms. The van der Waals surface area contributed by atoms with Gasteiger partial charge in [-0.05, 0) is 36.6 Å². The summed E-state index contributed by atoms with van der Waals surface area (Å²) < 4.78 is 10.6. The first-order valence-electron chi connectivity index (χ1n) is 8.99. The number of carbonyl (C=O) groups excluding carboxylic acids is 3. The molecule has 1 amide bonds. The molecule has 0 atom stereocenters. The highest BCUT2D eigenvalue weighted by Gasteiger charge is 2.30. The number of thiophene rings is 1. The second-order valence-electron chi connectivity index (χ2n) is 7.14. The average Bonchev–Trinajstić information content (AvgIpc) is 3.15. The van der Waals surface area contributed by atoms with Crippen molar-refractivity contribution in [3.05, 3.63) is 39.2 Å². The quantitative estimate of drug-likeness (QED) is 0.766. The highest BCUT2D eigenvalue weighted by Crippen LogP contribution is 2.33. The number of Topliss-reactive ketones (excluding diaryl/α,β-unsaturated/α-hetero) is 1. The standard InChI is InChI=1S/C20H23NO5S/c1-10(2)8-12-9-27-19(16(12)20(24)25-4)21-18(23)17-11(3)15-13(22)6-5-7-14(15)26-17/h9-10H,5-8H2,1-4H3,(H,21,23). The van der Waals surface area contributed by atoms with E-state index in [4.69, 9.17) is 9.15 Å². The fourth-order valence-corrected chi connectivity index (χ4v) is 4.38. The summed E-state index contributed by atoms with van der Waals surface area (Å²) in [5.41, 5.74) is 2.33. The Bertz CT molecular complexity index is 906. The van der Waals surface area contributed by atoms with Gasteiger partial charge < -0.3 is 14.5 Å². The molecular formula is C20H23NO5S. The van der Waals surface area contributed by atoms with E-state index in [0.717, 1.165) is 12.0 Å². The van der Waals surface area contributed by atoms with Crippen LogP contribution in [-0.2, 0) is 17.6 Å². The molecule has 27 heavy (non-hydrogen) atoms. The molecule has 2 aromatic rings. The van der Waals surface area contributed by atoms with Gasteiger partial charge in [-0.15, -0.1) is 11.3 Å². The minimum Gasteiger partial charge on any atom is -0.465 e. The van der Waals surface area contributed by atoms with Gasteiger partial charge in [-0.1, -0.05) is 13.8 Å². The van der Waals surface area contributed by atoms with Crippen LogP contribution in [0.15, 0.2) is 9.80 Å². The summed E-state index contributed by atoms with van der Waals surface area (Å²) in [6.07, 6.45) is 2.57. The predicted octanol–water partition coefficient (Wildman–Crippen LogP) is 4.41. The average molecular weight is 389 g/mol. The van der Waals surface area contributed by atoms with Crippen LogP contribution in [0.4, 0.5) is 5.00 Å². The molecule has 3 rings (SSSR count). The van der Waals surface area contributed by atoms with Crippen LogP contribution >= 0.6 is 11.3 Å². The summed E-state index contributed by atoms with van der Waals surface area (Å²) in [5, 5.41) is 5.07. The smallest absolute Gasteiger partial charge is 0.341 e. The number of amides is 1. The highest BCUT2D eigenvalue weighted by atomic mass is 32.1. The maximum absolute atomic E-state index is 12.8. The Hall–Kier alpha value is -2.41. The van der Waals surface area contributed by atoms with Gasteiger partial charge in [-0.3, -0.25) is 9.59 Å². The first kappa shape index (κ1) is 19.4. The molecule has 1 aliphatic rings. The monoisotopic (exact) mass is 389 g/mol. The zero-order valence-corrected chi connectivity index (χ0v) is 16.7. The number of aryl methyl sites for hydroxylation is 1. The maximum Gasteiger partial charge on any atom is 0.341 e. The molecule has 0 aromatic carbocycles. The van der Waals surface area contributed by atoms with E-state index in [2.05, 4.69) is 19.2 Å². The molecular weight excluding hydrogens is 366 g/mol. The van der Waals surface area contributed by atoms with Crippen molar-refractivity contribution in [2.45, 2.75) is 46.5 Å². The predicted molar refractivity (Wildman–Crippen MR) is 103 cm³/mol. The second-order valence-corrected chi connectivity index (χ2v) is 8.02. The normalized spacial score (nSPS) is 13.6. The molecule has 144 valence electrons. The van der Waals surface area contributed by atoms with Crippen LogP contribution < -0.4 is 5.32 Å². The van der Waals surface area contributed by atoms with Crippen molar-refractivity contribution < 1.29 is 23.5 Å². The minimum absolute atomic E-state index is 0.0159. The molecule has 0 radical (unpaired) electrons. The van der Waals surface area contributed by atoms with Crippen LogP contribution in [0.25, 0.3) is 0 Å². The Kier molecular flexibility index (Phi) is 5.51. The van der Waals surface area contributed by atoms with Gasteiger partial charge in [0.1, 0.15) is 10.8 Å². The van der Waals surface area contributed by atoms with Crippen LogP contribution in [0, 0.1) is 12.8 Å². The van der Waals surface area contributed by atoms with Gasteiger partial charge in [-0.25, -0.2) is 4.79 Å². The molecule has 2 heterocycles. The summed E-state index contributed by atoms with van der Waals surface area (Å²) in [7, 11) is 1.32. The first-order chi connectivity index (χ1) is 12.8. The molecule has 1 aliphatic carbocycles. The van der Waals surface area contributed by atoms with E-state index in [1.54, 1.807) is 6.92 Å². The number of carbonyl (C=O) groups is 3. The zero-order valence-electron chi connectivity index (χ0n) is 15.9. The van der Waals surface area contributed by atoms with Crippen molar-refractivity contribution in [3.63, 3.8) is 0 Å². The van der Waals surface area contributed by atoms with Gasteiger partial charge in [0.25, 0.3) is 5.91 Å². The fraction of sp³-hybridized carbons (Fsp3) is 0.450. The fourth-order valence-electron chi connectivity index (χ4n) is 3.43. The van der Waals surface area contributed by atoms with E-state index in [1.165, 1.54) is 18.4 Å². The van der Waals surface area contributed by atoms with E-state index < -0.39 is 11.9 Å². The van der Waals surface area contributed by atoms with E-state index in [0.29, 0.717) is 52.6 Å². The van der Waals surface area contributed by atoms with Crippen LogP contribution in [0.5, 0.6) is 0 Å². The van der Waals surface area contributed by atoms with E-state index in [9.17, 15) is 14.4 Å². The third-order valence-electron chi connectivity index (χ3n) is 4.62. The lowest BCUT2D eigenvalue weighted by atomic mass is 9.94. The lowest BCUT2D eigenvalue weighted by Gasteiger charge is -2.08. The number of ether oxygens (including phenoxy) is 1. The number of anilines is 1. The summed E-state index contributed by atoms with van der Waals surface area (Å²) in [5.74, 6) is 0.142. The number of esters is 1. The zero-order chi connectivity index (χ0) is 19.7. The lowest BCUT2D eigenvalue weighted by molar-refractivity contribution is 0.0601. The molecule has 0 saturated heterocycles. The van der Waals surface area contributed by atoms with Gasteiger partial charge in [0.2, 0.25) is 0 Å². The van der Waals surface area contributed by atoms with Crippen molar-refractivity contribution >= 4 is 34.0 Å².